The smallest absolute Gasteiger partial charge is 0.123 e. The molecule has 1 atom stereocenters. The summed E-state index contributed by atoms with van der Waals surface area (Å²) in [5.74, 6) is 1.88. The number of ether oxygens (including phenoxy) is 1. The zero-order valence-corrected chi connectivity index (χ0v) is 14.0. The van der Waals surface area contributed by atoms with Crippen LogP contribution in [0.15, 0.2) is 18.2 Å². The third kappa shape index (κ3) is 4.45. The SMILES string of the molecule is CNC(CN(C)CC1CCCC1)c1cc(C)ccc1OC. The summed E-state index contributed by atoms with van der Waals surface area (Å²) in [6.07, 6.45) is 5.64. The Labute approximate surface area is 129 Å². The highest BCUT2D eigenvalue weighted by molar-refractivity contribution is 5.39. The summed E-state index contributed by atoms with van der Waals surface area (Å²) in [4.78, 5) is 2.47. The molecular formula is C18H30N2O. The Morgan fingerprint density at radius 2 is 2.05 bits per heavy atom. The van der Waals surface area contributed by atoms with Crippen molar-refractivity contribution >= 4 is 0 Å². The number of benzene rings is 1. The Bertz CT molecular complexity index is 441. The van der Waals surface area contributed by atoms with Gasteiger partial charge in [0, 0.05) is 24.7 Å². The van der Waals surface area contributed by atoms with Crippen LogP contribution in [0.2, 0.25) is 0 Å². The van der Waals surface area contributed by atoms with Gasteiger partial charge in [-0.2, -0.15) is 0 Å². The fourth-order valence-electron chi connectivity index (χ4n) is 3.49. The molecule has 3 nitrogen and oxygen atoms in total. The Balaban J connectivity index is 2.03. The standard InChI is InChI=1S/C18H30N2O/c1-14-9-10-18(21-4)16(11-14)17(19-2)13-20(3)12-15-7-5-6-8-15/h9-11,15,17,19H,5-8,12-13H2,1-4H3. The molecule has 0 aliphatic heterocycles. The molecule has 0 amide bonds. The number of nitrogens with one attached hydrogen (secondary N) is 1. The lowest BCUT2D eigenvalue weighted by molar-refractivity contribution is 0.251. The Morgan fingerprint density at radius 3 is 2.67 bits per heavy atom. The van der Waals surface area contributed by atoms with E-state index in [1.165, 1.54) is 43.4 Å². The third-order valence-electron chi connectivity index (χ3n) is 4.65. The average molecular weight is 290 g/mol. The van der Waals surface area contributed by atoms with Crippen molar-refractivity contribution in [1.82, 2.24) is 10.2 Å². The topological polar surface area (TPSA) is 24.5 Å². The summed E-state index contributed by atoms with van der Waals surface area (Å²) < 4.78 is 5.54. The maximum Gasteiger partial charge on any atom is 0.123 e. The van der Waals surface area contributed by atoms with Crippen LogP contribution in [0.4, 0.5) is 0 Å². The van der Waals surface area contributed by atoms with Crippen LogP contribution >= 0.6 is 0 Å². The minimum atomic E-state index is 0.311. The largest absolute Gasteiger partial charge is 0.496 e. The molecular weight excluding hydrogens is 260 g/mol. The predicted octanol–water partition coefficient (Wildman–Crippen LogP) is 3.39. The van der Waals surface area contributed by atoms with Gasteiger partial charge >= 0.3 is 0 Å². The Morgan fingerprint density at radius 1 is 1.33 bits per heavy atom. The summed E-state index contributed by atoms with van der Waals surface area (Å²) in [6, 6.07) is 6.73. The van der Waals surface area contributed by atoms with Crippen LogP contribution in [-0.2, 0) is 0 Å². The summed E-state index contributed by atoms with van der Waals surface area (Å²) in [5, 5.41) is 3.45. The van der Waals surface area contributed by atoms with Crippen molar-refractivity contribution < 1.29 is 4.74 Å². The first-order valence-electron chi connectivity index (χ1n) is 8.14. The quantitative estimate of drug-likeness (QED) is 0.833. The van der Waals surface area contributed by atoms with Gasteiger partial charge in [-0.25, -0.2) is 0 Å². The van der Waals surface area contributed by atoms with Crippen LogP contribution in [0.1, 0.15) is 42.9 Å². The monoisotopic (exact) mass is 290 g/mol. The van der Waals surface area contributed by atoms with E-state index in [2.05, 4.69) is 42.4 Å². The molecule has 1 aliphatic carbocycles. The highest BCUT2D eigenvalue weighted by Crippen LogP contribution is 2.28. The molecule has 0 spiro atoms. The normalized spacial score (nSPS) is 17.4. The lowest BCUT2D eigenvalue weighted by Crippen LogP contribution is -2.34. The van der Waals surface area contributed by atoms with Crippen molar-refractivity contribution in [3.63, 3.8) is 0 Å². The molecule has 2 rings (SSSR count). The van der Waals surface area contributed by atoms with Crippen LogP contribution in [0, 0.1) is 12.8 Å². The molecule has 0 aromatic heterocycles. The van der Waals surface area contributed by atoms with Gasteiger partial charge in [-0.15, -0.1) is 0 Å². The van der Waals surface area contributed by atoms with Crippen LogP contribution in [-0.4, -0.2) is 39.2 Å². The fraction of sp³-hybridized carbons (Fsp3) is 0.667. The van der Waals surface area contributed by atoms with Crippen molar-refractivity contribution in [3.8, 4) is 5.75 Å². The van der Waals surface area contributed by atoms with E-state index in [-0.39, 0.29) is 0 Å². The minimum absolute atomic E-state index is 0.311. The van der Waals surface area contributed by atoms with Crippen molar-refractivity contribution in [2.45, 2.75) is 38.6 Å². The fourth-order valence-corrected chi connectivity index (χ4v) is 3.49. The second kappa shape index (κ2) is 7.81. The third-order valence-corrected chi connectivity index (χ3v) is 4.65. The Kier molecular flexibility index (Phi) is 6.07. The number of hydrogen-bond acceptors (Lipinski definition) is 3. The molecule has 0 radical (unpaired) electrons. The second-order valence-corrected chi connectivity index (χ2v) is 6.46. The van der Waals surface area contributed by atoms with Crippen molar-refractivity contribution in [2.75, 3.05) is 34.3 Å². The molecule has 0 saturated heterocycles. The van der Waals surface area contributed by atoms with Gasteiger partial charge in [-0.05, 0) is 45.8 Å². The lowest BCUT2D eigenvalue weighted by Gasteiger charge is -2.27. The van der Waals surface area contributed by atoms with E-state index in [4.69, 9.17) is 4.74 Å². The summed E-state index contributed by atoms with van der Waals surface area (Å²) in [5.41, 5.74) is 2.54. The van der Waals surface area contributed by atoms with Crippen LogP contribution in [0.3, 0.4) is 0 Å². The van der Waals surface area contributed by atoms with Crippen LogP contribution in [0.25, 0.3) is 0 Å². The molecule has 1 fully saturated rings. The van der Waals surface area contributed by atoms with Crippen LogP contribution in [0.5, 0.6) is 5.75 Å². The first kappa shape index (κ1) is 16.3. The zero-order valence-electron chi connectivity index (χ0n) is 14.0. The van der Waals surface area contributed by atoms with E-state index in [1.54, 1.807) is 7.11 Å². The summed E-state index contributed by atoms with van der Waals surface area (Å²) in [6.45, 7) is 4.37. The minimum Gasteiger partial charge on any atom is -0.496 e. The van der Waals surface area contributed by atoms with Gasteiger partial charge in [0.1, 0.15) is 5.75 Å². The number of aryl methyl sites for hydroxylation is 1. The van der Waals surface area contributed by atoms with Gasteiger partial charge in [-0.1, -0.05) is 30.5 Å². The van der Waals surface area contributed by atoms with Gasteiger partial charge in [0.15, 0.2) is 0 Å². The van der Waals surface area contributed by atoms with Gasteiger partial charge in [0.2, 0.25) is 0 Å². The average Bonchev–Trinajstić information content (AvgIpc) is 2.97. The van der Waals surface area contributed by atoms with Crippen molar-refractivity contribution in [1.29, 1.82) is 0 Å². The van der Waals surface area contributed by atoms with E-state index in [0.717, 1.165) is 18.2 Å². The molecule has 3 heteroatoms. The number of hydrogen-bond donors (Lipinski definition) is 1. The van der Waals surface area contributed by atoms with E-state index in [1.807, 2.05) is 7.05 Å². The molecule has 0 heterocycles. The molecule has 1 aromatic carbocycles. The molecule has 1 saturated carbocycles. The Hall–Kier alpha value is -1.06. The second-order valence-electron chi connectivity index (χ2n) is 6.46. The number of methoxy groups -OCH3 is 1. The van der Waals surface area contributed by atoms with Crippen molar-refractivity contribution in [2.24, 2.45) is 5.92 Å². The van der Waals surface area contributed by atoms with Crippen LogP contribution < -0.4 is 10.1 Å². The lowest BCUT2D eigenvalue weighted by atomic mass is 10.0. The first-order chi connectivity index (χ1) is 10.1. The molecule has 21 heavy (non-hydrogen) atoms. The molecule has 1 aromatic rings. The summed E-state index contributed by atoms with van der Waals surface area (Å²) >= 11 is 0. The zero-order chi connectivity index (χ0) is 15.2. The maximum absolute atomic E-state index is 5.54. The number of nitrogens with zero attached hydrogens (tertiary/aromatic N) is 1. The van der Waals surface area contributed by atoms with E-state index < -0.39 is 0 Å². The number of rotatable bonds is 7. The predicted molar refractivity (Wildman–Crippen MR) is 89.0 cm³/mol. The molecule has 118 valence electrons. The van der Waals surface area contributed by atoms with Gasteiger partial charge in [0.25, 0.3) is 0 Å². The van der Waals surface area contributed by atoms with Crippen molar-refractivity contribution in [3.05, 3.63) is 29.3 Å². The summed E-state index contributed by atoms with van der Waals surface area (Å²) in [7, 11) is 6.03. The highest BCUT2D eigenvalue weighted by Gasteiger charge is 2.20. The van der Waals surface area contributed by atoms with Gasteiger partial charge in [0.05, 0.1) is 7.11 Å². The van der Waals surface area contributed by atoms with E-state index in [0.29, 0.717) is 6.04 Å². The molecule has 1 N–H and O–H groups in total. The first-order valence-corrected chi connectivity index (χ1v) is 8.14. The maximum atomic E-state index is 5.54. The van der Waals surface area contributed by atoms with Gasteiger partial charge < -0.3 is 15.0 Å². The van der Waals surface area contributed by atoms with E-state index >= 15 is 0 Å². The van der Waals surface area contributed by atoms with Gasteiger partial charge in [-0.3, -0.25) is 0 Å². The van der Waals surface area contributed by atoms with E-state index in [9.17, 15) is 0 Å². The number of likely N-dealkylation sites (N-methyl/N-ethyl adjacent to an activating group) is 2. The molecule has 0 bridgehead atoms. The molecule has 1 aliphatic rings. The molecule has 1 unspecified atom stereocenters. The highest BCUT2D eigenvalue weighted by atomic mass is 16.5.